The van der Waals surface area contributed by atoms with Crippen LogP contribution in [0.1, 0.15) is 12.0 Å². The average Bonchev–Trinajstić information content (AvgIpc) is 2.25. The molecule has 0 aromatic carbocycles. The molecule has 1 heterocycles. The Morgan fingerprint density at radius 2 is 2.00 bits per heavy atom. The summed E-state index contributed by atoms with van der Waals surface area (Å²) in [6.45, 7) is 1.12. The van der Waals surface area contributed by atoms with Crippen LogP contribution >= 0.6 is 0 Å². The molecule has 0 saturated heterocycles. The molecule has 1 aromatic heterocycles. The molecule has 0 bridgehead atoms. The molecule has 0 amide bonds. The van der Waals surface area contributed by atoms with E-state index >= 15 is 0 Å². The minimum absolute atomic E-state index is 0.551. The Kier molecular flexibility index (Phi) is 5.29. The first-order chi connectivity index (χ1) is 7.22. The first-order valence-corrected chi connectivity index (χ1v) is 5.43. The van der Waals surface area contributed by atoms with Crippen molar-refractivity contribution in [2.75, 3.05) is 27.7 Å². The highest BCUT2D eigenvalue weighted by Gasteiger charge is 2.07. The molecule has 84 valence electrons. The Balaban J connectivity index is 2.40. The van der Waals surface area contributed by atoms with Crippen LogP contribution in [-0.2, 0) is 6.42 Å². The third-order valence-corrected chi connectivity index (χ3v) is 2.56. The molecule has 0 aliphatic carbocycles. The Morgan fingerprint density at radius 3 is 2.53 bits per heavy atom. The van der Waals surface area contributed by atoms with E-state index in [-0.39, 0.29) is 0 Å². The van der Waals surface area contributed by atoms with E-state index in [1.807, 2.05) is 19.4 Å². The Hall–Kier alpha value is -0.930. The molecule has 3 heteroatoms. The first kappa shape index (κ1) is 12.1. The summed E-state index contributed by atoms with van der Waals surface area (Å²) in [7, 11) is 6.25. The van der Waals surface area contributed by atoms with Crippen molar-refractivity contribution in [2.24, 2.45) is 0 Å². The van der Waals surface area contributed by atoms with Crippen LogP contribution in [0.3, 0.4) is 0 Å². The van der Waals surface area contributed by atoms with E-state index in [1.165, 1.54) is 12.0 Å². The summed E-state index contributed by atoms with van der Waals surface area (Å²) in [5.41, 5.74) is 1.35. The number of rotatable bonds is 6. The van der Waals surface area contributed by atoms with Gasteiger partial charge in [-0.1, -0.05) is 0 Å². The third-order valence-electron chi connectivity index (χ3n) is 2.56. The summed E-state index contributed by atoms with van der Waals surface area (Å²) >= 11 is 0. The van der Waals surface area contributed by atoms with E-state index in [1.54, 1.807) is 0 Å². The van der Waals surface area contributed by atoms with Gasteiger partial charge in [-0.3, -0.25) is 4.98 Å². The van der Waals surface area contributed by atoms with Gasteiger partial charge in [0.05, 0.1) is 0 Å². The maximum absolute atomic E-state index is 4.02. The molecule has 1 rings (SSSR count). The lowest BCUT2D eigenvalue weighted by Crippen LogP contribution is -2.31. The molecule has 0 fully saturated rings. The van der Waals surface area contributed by atoms with Gasteiger partial charge in [0.1, 0.15) is 0 Å². The fraction of sp³-hybridized carbons (Fsp3) is 0.583. The minimum atomic E-state index is 0.551. The van der Waals surface area contributed by atoms with Gasteiger partial charge in [-0.05, 0) is 58.2 Å². The molecule has 3 nitrogen and oxygen atoms in total. The number of pyridine rings is 1. The van der Waals surface area contributed by atoms with Crippen molar-refractivity contribution >= 4 is 0 Å². The van der Waals surface area contributed by atoms with Crippen molar-refractivity contribution in [3.05, 3.63) is 30.1 Å². The summed E-state index contributed by atoms with van der Waals surface area (Å²) < 4.78 is 0. The molecule has 0 spiro atoms. The zero-order valence-corrected chi connectivity index (χ0v) is 9.90. The van der Waals surface area contributed by atoms with Gasteiger partial charge in [0.25, 0.3) is 0 Å². The van der Waals surface area contributed by atoms with Gasteiger partial charge < -0.3 is 10.2 Å². The lowest BCUT2D eigenvalue weighted by atomic mass is 10.0. The van der Waals surface area contributed by atoms with E-state index in [2.05, 4.69) is 41.4 Å². The minimum Gasteiger partial charge on any atom is -0.317 e. The summed E-state index contributed by atoms with van der Waals surface area (Å²) in [5.74, 6) is 0. The monoisotopic (exact) mass is 207 g/mol. The van der Waals surface area contributed by atoms with E-state index in [4.69, 9.17) is 0 Å². The number of likely N-dealkylation sites (N-methyl/N-ethyl adjacent to an activating group) is 1. The van der Waals surface area contributed by atoms with Gasteiger partial charge >= 0.3 is 0 Å². The Morgan fingerprint density at radius 1 is 1.33 bits per heavy atom. The molecule has 1 unspecified atom stereocenters. The van der Waals surface area contributed by atoms with Crippen LogP contribution in [0.5, 0.6) is 0 Å². The van der Waals surface area contributed by atoms with E-state index in [0.29, 0.717) is 6.04 Å². The van der Waals surface area contributed by atoms with Crippen LogP contribution in [0.2, 0.25) is 0 Å². The fourth-order valence-corrected chi connectivity index (χ4v) is 1.57. The Bertz CT molecular complexity index is 259. The molecule has 0 saturated carbocycles. The molecular weight excluding hydrogens is 186 g/mol. The van der Waals surface area contributed by atoms with Crippen molar-refractivity contribution in [1.82, 2.24) is 15.2 Å². The number of hydrogen-bond acceptors (Lipinski definition) is 3. The van der Waals surface area contributed by atoms with Crippen LogP contribution in [0, 0.1) is 0 Å². The SMILES string of the molecule is CNC(CCN(C)C)Cc1ccncc1. The number of nitrogens with zero attached hydrogens (tertiary/aromatic N) is 2. The van der Waals surface area contributed by atoms with Crippen molar-refractivity contribution in [3.63, 3.8) is 0 Å². The zero-order chi connectivity index (χ0) is 11.1. The first-order valence-electron chi connectivity index (χ1n) is 5.43. The molecule has 1 aromatic rings. The highest BCUT2D eigenvalue weighted by atomic mass is 15.1. The molecule has 15 heavy (non-hydrogen) atoms. The fourth-order valence-electron chi connectivity index (χ4n) is 1.57. The summed E-state index contributed by atoms with van der Waals surface area (Å²) in [6.07, 6.45) is 5.96. The molecule has 1 N–H and O–H groups in total. The normalized spacial score (nSPS) is 13.1. The van der Waals surface area contributed by atoms with Crippen molar-refractivity contribution < 1.29 is 0 Å². The standard InChI is InChI=1S/C12H21N3/c1-13-12(6-9-15(2)3)10-11-4-7-14-8-5-11/h4-5,7-8,12-13H,6,9-10H2,1-3H3. The Labute approximate surface area is 92.5 Å². The second-order valence-electron chi connectivity index (χ2n) is 4.14. The lowest BCUT2D eigenvalue weighted by Gasteiger charge is -2.18. The molecule has 0 radical (unpaired) electrons. The highest BCUT2D eigenvalue weighted by Crippen LogP contribution is 2.04. The maximum Gasteiger partial charge on any atom is 0.0270 e. The third kappa shape index (κ3) is 4.91. The van der Waals surface area contributed by atoms with Gasteiger partial charge in [0.2, 0.25) is 0 Å². The van der Waals surface area contributed by atoms with Crippen LogP contribution in [0.25, 0.3) is 0 Å². The summed E-state index contributed by atoms with van der Waals surface area (Å²) in [6, 6.07) is 4.72. The van der Waals surface area contributed by atoms with Crippen LogP contribution in [0.15, 0.2) is 24.5 Å². The second kappa shape index (κ2) is 6.53. The number of hydrogen-bond donors (Lipinski definition) is 1. The van der Waals surface area contributed by atoms with Gasteiger partial charge in [0.15, 0.2) is 0 Å². The van der Waals surface area contributed by atoms with Gasteiger partial charge in [-0.15, -0.1) is 0 Å². The molecule has 0 aliphatic heterocycles. The van der Waals surface area contributed by atoms with E-state index < -0.39 is 0 Å². The predicted octanol–water partition coefficient (Wildman–Crippen LogP) is 1.16. The van der Waals surface area contributed by atoms with Crippen molar-refractivity contribution in [2.45, 2.75) is 18.9 Å². The van der Waals surface area contributed by atoms with Gasteiger partial charge in [0, 0.05) is 18.4 Å². The maximum atomic E-state index is 4.02. The topological polar surface area (TPSA) is 28.2 Å². The number of nitrogens with one attached hydrogen (secondary N) is 1. The number of aromatic nitrogens is 1. The predicted molar refractivity (Wildman–Crippen MR) is 64.0 cm³/mol. The van der Waals surface area contributed by atoms with Crippen LogP contribution in [-0.4, -0.2) is 43.6 Å². The smallest absolute Gasteiger partial charge is 0.0270 e. The summed E-state index contributed by atoms with van der Waals surface area (Å²) in [5, 5.41) is 3.36. The quantitative estimate of drug-likeness (QED) is 0.759. The lowest BCUT2D eigenvalue weighted by molar-refractivity contribution is 0.364. The largest absolute Gasteiger partial charge is 0.317 e. The summed E-state index contributed by atoms with van der Waals surface area (Å²) in [4.78, 5) is 6.24. The molecular formula is C12H21N3. The van der Waals surface area contributed by atoms with Gasteiger partial charge in [-0.25, -0.2) is 0 Å². The average molecular weight is 207 g/mol. The molecule has 0 aliphatic rings. The van der Waals surface area contributed by atoms with Gasteiger partial charge in [-0.2, -0.15) is 0 Å². The van der Waals surface area contributed by atoms with Crippen molar-refractivity contribution in [3.8, 4) is 0 Å². The van der Waals surface area contributed by atoms with Crippen LogP contribution < -0.4 is 5.32 Å². The van der Waals surface area contributed by atoms with Crippen LogP contribution in [0.4, 0.5) is 0 Å². The highest BCUT2D eigenvalue weighted by molar-refractivity contribution is 5.11. The molecule has 1 atom stereocenters. The van der Waals surface area contributed by atoms with E-state index in [0.717, 1.165) is 13.0 Å². The second-order valence-corrected chi connectivity index (χ2v) is 4.14. The van der Waals surface area contributed by atoms with Crippen molar-refractivity contribution in [1.29, 1.82) is 0 Å². The van der Waals surface area contributed by atoms with E-state index in [9.17, 15) is 0 Å². The zero-order valence-electron chi connectivity index (χ0n) is 9.90.